The quantitative estimate of drug-likeness (QED) is 0.791. The van der Waals surface area contributed by atoms with Crippen LogP contribution in [0.2, 0.25) is 0 Å². The van der Waals surface area contributed by atoms with E-state index in [4.69, 9.17) is 4.74 Å². The number of alkyl carbamates (subject to hydrolysis) is 1. The maximum atomic E-state index is 11.6. The van der Waals surface area contributed by atoms with Gasteiger partial charge < -0.3 is 15.4 Å². The zero-order valence-electron chi connectivity index (χ0n) is 14.5. The molecule has 1 amide bonds. The number of para-hydroxylation sites is 1. The van der Waals surface area contributed by atoms with Gasteiger partial charge in [-0.3, -0.25) is 4.90 Å². The van der Waals surface area contributed by atoms with Crippen LogP contribution in [-0.4, -0.2) is 42.8 Å². The Balaban J connectivity index is 1.76. The van der Waals surface area contributed by atoms with Crippen LogP contribution in [0.25, 0.3) is 0 Å². The first kappa shape index (κ1) is 17.6. The summed E-state index contributed by atoms with van der Waals surface area (Å²) in [7, 11) is 0. The van der Waals surface area contributed by atoms with Gasteiger partial charge >= 0.3 is 6.09 Å². The smallest absolute Gasteiger partial charge is 0.407 e. The van der Waals surface area contributed by atoms with E-state index in [2.05, 4.69) is 33.7 Å². The fourth-order valence-corrected chi connectivity index (χ4v) is 2.69. The second-order valence-corrected chi connectivity index (χ2v) is 7.00. The minimum atomic E-state index is -0.458. The van der Waals surface area contributed by atoms with Gasteiger partial charge in [0.25, 0.3) is 0 Å². The van der Waals surface area contributed by atoms with Crippen LogP contribution >= 0.6 is 0 Å². The molecule has 1 aliphatic heterocycles. The van der Waals surface area contributed by atoms with Crippen LogP contribution in [0.3, 0.4) is 0 Å². The molecule has 2 rings (SSSR count). The maximum Gasteiger partial charge on any atom is 0.407 e. The Morgan fingerprint density at radius 3 is 2.57 bits per heavy atom. The lowest BCUT2D eigenvalue weighted by Crippen LogP contribution is -2.35. The summed E-state index contributed by atoms with van der Waals surface area (Å²) in [6, 6.07) is 8.38. The molecular formula is C18H29N3O2. The van der Waals surface area contributed by atoms with Crippen molar-refractivity contribution in [3.8, 4) is 0 Å². The Morgan fingerprint density at radius 1 is 1.17 bits per heavy atom. The Hall–Kier alpha value is -1.75. The highest BCUT2D eigenvalue weighted by molar-refractivity contribution is 5.67. The molecule has 0 bridgehead atoms. The van der Waals surface area contributed by atoms with Gasteiger partial charge in [-0.05, 0) is 58.3 Å². The van der Waals surface area contributed by atoms with E-state index in [0.29, 0.717) is 13.1 Å². The van der Waals surface area contributed by atoms with Gasteiger partial charge in [-0.25, -0.2) is 4.79 Å². The molecule has 0 radical (unpaired) electrons. The van der Waals surface area contributed by atoms with Gasteiger partial charge in [0.05, 0.1) is 0 Å². The first-order valence-corrected chi connectivity index (χ1v) is 8.45. The van der Waals surface area contributed by atoms with Gasteiger partial charge in [0.1, 0.15) is 5.60 Å². The van der Waals surface area contributed by atoms with Crippen LogP contribution in [0.4, 0.5) is 10.5 Å². The van der Waals surface area contributed by atoms with E-state index < -0.39 is 5.60 Å². The second kappa shape index (κ2) is 8.20. The SMILES string of the molecule is CC(C)(C)OC(=O)NCCNc1ccccc1CN1CCCC1. The number of anilines is 1. The highest BCUT2D eigenvalue weighted by atomic mass is 16.6. The molecule has 5 heteroatoms. The fourth-order valence-electron chi connectivity index (χ4n) is 2.69. The van der Waals surface area contributed by atoms with E-state index in [1.165, 1.54) is 31.5 Å². The summed E-state index contributed by atoms with van der Waals surface area (Å²) in [5, 5.41) is 6.18. The summed E-state index contributed by atoms with van der Waals surface area (Å²) in [5.74, 6) is 0. The molecule has 1 aliphatic rings. The molecule has 23 heavy (non-hydrogen) atoms. The number of ether oxygens (including phenoxy) is 1. The maximum absolute atomic E-state index is 11.6. The molecule has 0 aromatic heterocycles. The lowest BCUT2D eigenvalue weighted by Gasteiger charge is -2.20. The molecule has 0 unspecified atom stereocenters. The average molecular weight is 319 g/mol. The van der Waals surface area contributed by atoms with Crippen molar-refractivity contribution in [1.29, 1.82) is 0 Å². The monoisotopic (exact) mass is 319 g/mol. The van der Waals surface area contributed by atoms with E-state index in [-0.39, 0.29) is 6.09 Å². The van der Waals surface area contributed by atoms with Crippen molar-refractivity contribution in [2.45, 2.75) is 45.8 Å². The van der Waals surface area contributed by atoms with Gasteiger partial charge in [-0.1, -0.05) is 18.2 Å². The van der Waals surface area contributed by atoms with Gasteiger partial charge in [0.2, 0.25) is 0 Å². The molecule has 128 valence electrons. The summed E-state index contributed by atoms with van der Waals surface area (Å²) in [5.41, 5.74) is 2.00. The second-order valence-electron chi connectivity index (χ2n) is 7.00. The molecule has 0 atom stereocenters. The molecule has 2 N–H and O–H groups in total. The first-order valence-electron chi connectivity index (χ1n) is 8.45. The van der Waals surface area contributed by atoms with Gasteiger partial charge in [0, 0.05) is 25.3 Å². The van der Waals surface area contributed by atoms with Gasteiger partial charge in [0.15, 0.2) is 0 Å². The minimum absolute atomic E-state index is 0.371. The van der Waals surface area contributed by atoms with E-state index in [1.54, 1.807) is 0 Å². The van der Waals surface area contributed by atoms with Gasteiger partial charge in [-0.15, -0.1) is 0 Å². The van der Waals surface area contributed by atoms with Crippen molar-refractivity contribution in [2.75, 3.05) is 31.5 Å². The van der Waals surface area contributed by atoms with Gasteiger partial charge in [-0.2, -0.15) is 0 Å². The van der Waals surface area contributed by atoms with E-state index in [0.717, 1.165) is 12.2 Å². The molecular weight excluding hydrogens is 290 g/mol. The van der Waals surface area contributed by atoms with Crippen molar-refractivity contribution in [3.05, 3.63) is 29.8 Å². The number of nitrogens with zero attached hydrogens (tertiary/aromatic N) is 1. The lowest BCUT2D eigenvalue weighted by atomic mass is 10.1. The third-order valence-electron chi connectivity index (χ3n) is 3.72. The van der Waals surface area contributed by atoms with Crippen LogP contribution in [0, 0.1) is 0 Å². The first-order chi connectivity index (χ1) is 10.9. The number of hydrogen-bond acceptors (Lipinski definition) is 4. The Bertz CT molecular complexity index is 505. The van der Waals surface area contributed by atoms with Crippen molar-refractivity contribution in [3.63, 3.8) is 0 Å². The topological polar surface area (TPSA) is 53.6 Å². The number of carbonyl (C=O) groups excluding carboxylic acids is 1. The number of amides is 1. The Morgan fingerprint density at radius 2 is 1.87 bits per heavy atom. The minimum Gasteiger partial charge on any atom is -0.444 e. The van der Waals surface area contributed by atoms with Crippen LogP contribution in [-0.2, 0) is 11.3 Å². The van der Waals surface area contributed by atoms with E-state index in [1.807, 2.05) is 26.8 Å². The largest absolute Gasteiger partial charge is 0.444 e. The molecule has 1 aromatic rings. The summed E-state index contributed by atoms with van der Waals surface area (Å²) in [6.45, 7) is 10.2. The number of benzene rings is 1. The predicted molar refractivity (Wildman–Crippen MR) is 93.7 cm³/mol. The third-order valence-corrected chi connectivity index (χ3v) is 3.72. The lowest BCUT2D eigenvalue weighted by molar-refractivity contribution is 0.0530. The molecule has 1 aromatic carbocycles. The molecule has 1 fully saturated rings. The van der Waals surface area contributed by atoms with Crippen molar-refractivity contribution in [1.82, 2.24) is 10.2 Å². The van der Waals surface area contributed by atoms with Crippen molar-refractivity contribution in [2.24, 2.45) is 0 Å². The zero-order chi connectivity index (χ0) is 16.7. The molecule has 5 nitrogen and oxygen atoms in total. The summed E-state index contributed by atoms with van der Waals surface area (Å²) in [6.07, 6.45) is 2.23. The number of carbonyl (C=O) groups is 1. The summed E-state index contributed by atoms with van der Waals surface area (Å²) >= 11 is 0. The average Bonchev–Trinajstić information content (AvgIpc) is 2.96. The zero-order valence-corrected chi connectivity index (χ0v) is 14.5. The van der Waals surface area contributed by atoms with Crippen LogP contribution in [0.5, 0.6) is 0 Å². The summed E-state index contributed by atoms with van der Waals surface area (Å²) < 4.78 is 5.22. The fraction of sp³-hybridized carbons (Fsp3) is 0.611. The van der Waals surface area contributed by atoms with Crippen molar-refractivity contribution >= 4 is 11.8 Å². The van der Waals surface area contributed by atoms with E-state index in [9.17, 15) is 4.79 Å². The van der Waals surface area contributed by atoms with Crippen LogP contribution < -0.4 is 10.6 Å². The molecule has 0 saturated carbocycles. The highest BCUT2D eigenvalue weighted by Gasteiger charge is 2.16. The van der Waals surface area contributed by atoms with Crippen molar-refractivity contribution < 1.29 is 9.53 Å². The molecule has 0 aliphatic carbocycles. The Labute approximate surface area is 139 Å². The Kier molecular flexibility index (Phi) is 6.28. The standard InChI is InChI=1S/C18H29N3O2/c1-18(2,3)23-17(22)20-11-10-19-16-9-5-4-8-15(16)14-21-12-6-7-13-21/h4-5,8-9,19H,6-7,10-14H2,1-3H3,(H,20,22). The van der Waals surface area contributed by atoms with E-state index >= 15 is 0 Å². The highest BCUT2D eigenvalue weighted by Crippen LogP contribution is 2.19. The predicted octanol–water partition coefficient (Wildman–Crippen LogP) is 3.22. The third kappa shape index (κ3) is 6.48. The van der Waals surface area contributed by atoms with Crippen LogP contribution in [0.1, 0.15) is 39.2 Å². The van der Waals surface area contributed by atoms with Crippen LogP contribution in [0.15, 0.2) is 24.3 Å². The molecule has 1 heterocycles. The molecule has 1 saturated heterocycles. The normalized spacial score (nSPS) is 15.4. The number of rotatable bonds is 6. The number of nitrogens with one attached hydrogen (secondary N) is 2. The summed E-state index contributed by atoms with van der Waals surface area (Å²) in [4.78, 5) is 14.1. The number of hydrogen-bond donors (Lipinski definition) is 2. The molecule has 0 spiro atoms. The number of likely N-dealkylation sites (tertiary alicyclic amines) is 1.